The van der Waals surface area contributed by atoms with Crippen LogP contribution in [0.5, 0.6) is 0 Å². The summed E-state index contributed by atoms with van der Waals surface area (Å²) in [4.78, 5) is 12.3. The minimum Gasteiger partial charge on any atom is -0.267 e. The lowest BCUT2D eigenvalue weighted by Crippen LogP contribution is -2.22. The molecule has 4 heteroatoms. The second kappa shape index (κ2) is 4.07. The first-order chi connectivity index (χ1) is 8.77. The van der Waals surface area contributed by atoms with Gasteiger partial charge in [0, 0.05) is 0 Å². The Morgan fingerprint density at radius 3 is 2.56 bits per heavy atom. The van der Waals surface area contributed by atoms with E-state index in [9.17, 15) is 4.79 Å². The van der Waals surface area contributed by atoms with Gasteiger partial charge in [0.1, 0.15) is 5.52 Å². The predicted molar refractivity (Wildman–Crippen MR) is 69.9 cm³/mol. The van der Waals surface area contributed by atoms with Crippen molar-refractivity contribution in [3.8, 4) is 5.69 Å². The molecule has 1 heterocycles. The lowest BCUT2D eigenvalue weighted by Gasteiger charge is -2.05. The molecule has 0 aliphatic carbocycles. The lowest BCUT2D eigenvalue weighted by molar-refractivity contribution is 0.737. The third kappa shape index (κ3) is 1.59. The lowest BCUT2D eigenvalue weighted by atomic mass is 10.1. The summed E-state index contributed by atoms with van der Waals surface area (Å²) in [5, 5.41) is 8.71. The van der Waals surface area contributed by atoms with Crippen molar-refractivity contribution in [2.45, 2.75) is 6.92 Å². The van der Waals surface area contributed by atoms with Crippen LogP contribution in [0.15, 0.2) is 53.3 Å². The first-order valence-electron chi connectivity index (χ1n) is 5.68. The fraction of sp³-hybridized carbons (Fsp3) is 0.0714. The fourth-order valence-corrected chi connectivity index (χ4v) is 1.95. The zero-order valence-electron chi connectivity index (χ0n) is 9.87. The summed E-state index contributed by atoms with van der Waals surface area (Å²) in [5.41, 5.74) is 2.19. The van der Waals surface area contributed by atoms with Crippen LogP contribution in [0.4, 0.5) is 0 Å². The monoisotopic (exact) mass is 237 g/mol. The summed E-state index contributed by atoms with van der Waals surface area (Å²) in [7, 11) is 0. The Bertz CT molecular complexity index is 763. The topological polar surface area (TPSA) is 47.8 Å². The van der Waals surface area contributed by atoms with Gasteiger partial charge in [-0.25, -0.2) is 0 Å². The Hall–Kier alpha value is -2.49. The molecule has 1 aromatic heterocycles. The molecule has 0 aliphatic heterocycles. The maximum absolute atomic E-state index is 12.3. The van der Waals surface area contributed by atoms with Gasteiger partial charge in [0.2, 0.25) is 0 Å². The molecule has 0 aliphatic rings. The van der Waals surface area contributed by atoms with E-state index < -0.39 is 0 Å². The van der Waals surface area contributed by atoms with Crippen molar-refractivity contribution in [1.29, 1.82) is 0 Å². The molecule has 0 spiro atoms. The molecule has 0 saturated carbocycles. The Morgan fingerprint density at radius 1 is 1.00 bits per heavy atom. The van der Waals surface area contributed by atoms with E-state index >= 15 is 0 Å². The van der Waals surface area contributed by atoms with Crippen LogP contribution in [0.1, 0.15) is 5.56 Å². The largest absolute Gasteiger partial charge is 0.282 e. The second-order valence-corrected chi connectivity index (χ2v) is 4.11. The zero-order chi connectivity index (χ0) is 12.5. The second-order valence-electron chi connectivity index (χ2n) is 4.11. The van der Waals surface area contributed by atoms with Crippen LogP contribution in [-0.2, 0) is 0 Å². The maximum atomic E-state index is 12.3. The molecule has 0 saturated heterocycles. The normalized spacial score (nSPS) is 10.7. The smallest absolute Gasteiger partial charge is 0.267 e. The van der Waals surface area contributed by atoms with Crippen LogP contribution in [-0.4, -0.2) is 15.0 Å². The van der Waals surface area contributed by atoms with Crippen molar-refractivity contribution in [2.24, 2.45) is 0 Å². The van der Waals surface area contributed by atoms with Crippen molar-refractivity contribution >= 4 is 10.9 Å². The standard InChI is InChI=1S/C14H11N3O/c1-10-6-5-9-12-13(10)15-16-17(14(12)18)11-7-3-2-4-8-11/h2-9H,1H3. The number of aromatic nitrogens is 3. The number of nitrogens with zero attached hydrogens (tertiary/aromatic N) is 3. The highest BCUT2D eigenvalue weighted by molar-refractivity contribution is 5.80. The molecule has 0 N–H and O–H groups in total. The van der Waals surface area contributed by atoms with E-state index in [2.05, 4.69) is 10.3 Å². The molecule has 0 fully saturated rings. The molecule has 0 unspecified atom stereocenters. The van der Waals surface area contributed by atoms with E-state index in [-0.39, 0.29) is 5.56 Å². The Kier molecular flexibility index (Phi) is 2.41. The summed E-state index contributed by atoms with van der Waals surface area (Å²) < 4.78 is 1.32. The van der Waals surface area contributed by atoms with E-state index in [0.29, 0.717) is 10.9 Å². The summed E-state index contributed by atoms with van der Waals surface area (Å²) in [6.45, 7) is 1.92. The number of hydrogen-bond acceptors (Lipinski definition) is 3. The molecule has 3 rings (SSSR count). The van der Waals surface area contributed by atoms with E-state index in [1.165, 1.54) is 4.68 Å². The molecule has 3 aromatic rings. The average molecular weight is 237 g/mol. The summed E-state index contributed by atoms with van der Waals surface area (Å²) >= 11 is 0. The minimum absolute atomic E-state index is 0.144. The van der Waals surface area contributed by atoms with Crippen LogP contribution in [0.25, 0.3) is 16.6 Å². The van der Waals surface area contributed by atoms with Crippen LogP contribution < -0.4 is 5.56 Å². The van der Waals surface area contributed by atoms with Gasteiger partial charge in [-0.3, -0.25) is 4.79 Å². The number of para-hydroxylation sites is 1. The molecular weight excluding hydrogens is 226 g/mol. The Morgan fingerprint density at radius 2 is 1.78 bits per heavy atom. The van der Waals surface area contributed by atoms with Gasteiger partial charge in [-0.2, -0.15) is 4.68 Å². The Labute approximate surface area is 104 Å². The van der Waals surface area contributed by atoms with Crippen molar-refractivity contribution in [3.63, 3.8) is 0 Å². The first-order valence-corrected chi connectivity index (χ1v) is 5.68. The molecule has 18 heavy (non-hydrogen) atoms. The SMILES string of the molecule is Cc1cccc2c(=O)n(-c3ccccc3)nnc12. The van der Waals surface area contributed by atoms with Crippen LogP contribution >= 0.6 is 0 Å². The third-order valence-electron chi connectivity index (χ3n) is 2.90. The van der Waals surface area contributed by atoms with Gasteiger partial charge in [0.25, 0.3) is 5.56 Å². The van der Waals surface area contributed by atoms with Crippen LogP contribution in [0, 0.1) is 6.92 Å². The fourth-order valence-electron chi connectivity index (χ4n) is 1.95. The molecule has 4 nitrogen and oxygen atoms in total. The molecule has 0 atom stereocenters. The molecule has 0 radical (unpaired) electrons. The van der Waals surface area contributed by atoms with E-state index in [4.69, 9.17) is 0 Å². The molecular formula is C14H11N3O. The number of benzene rings is 2. The third-order valence-corrected chi connectivity index (χ3v) is 2.90. The van der Waals surface area contributed by atoms with E-state index in [1.807, 2.05) is 49.4 Å². The highest BCUT2D eigenvalue weighted by Crippen LogP contribution is 2.11. The van der Waals surface area contributed by atoms with Crippen LogP contribution in [0.2, 0.25) is 0 Å². The molecule has 0 bridgehead atoms. The molecule has 88 valence electrons. The number of rotatable bonds is 1. The van der Waals surface area contributed by atoms with Gasteiger partial charge in [-0.15, -0.1) is 5.10 Å². The number of hydrogen-bond donors (Lipinski definition) is 0. The van der Waals surface area contributed by atoms with E-state index in [1.54, 1.807) is 6.07 Å². The van der Waals surface area contributed by atoms with Crippen molar-refractivity contribution in [3.05, 3.63) is 64.4 Å². The zero-order valence-corrected chi connectivity index (χ0v) is 9.87. The van der Waals surface area contributed by atoms with Gasteiger partial charge in [-0.05, 0) is 30.7 Å². The summed E-state index contributed by atoms with van der Waals surface area (Å²) in [5.74, 6) is 0. The van der Waals surface area contributed by atoms with Gasteiger partial charge in [0.15, 0.2) is 0 Å². The molecule has 0 amide bonds. The van der Waals surface area contributed by atoms with Crippen molar-refractivity contribution in [1.82, 2.24) is 15.0 Å². The van der Waals surface area contributed by atoms with E-state index in [0.717, 1.165) is 11.3 Å². The van der Waals surface area contributed by atoms with Gasteiger partial charge in [-0.1, -0.05) is 35.5 Å². The van der Waals surface area contributed by atoms with Gasteiger partial charge >= 0.3 is 0 Å². The van der Waals surface area contributed by atoms with Gasteiger partial charge < -0.3 is 0 Å². The Balaban J connectivity index is 2.35. The van der Waals surface area contributed by atoms with Crippen molar-refractivity contribution < 1.29 is 0 Å². The predicted octanol–water partition coefficient (Wildman–Crippen LogP) is 2.09. The quantitative estimate of drug-likeness (QED) is 0.651. The van der Waals surface area contributed by atoms with Crippen LogP contribution in [0.3, 0.4) is 0 Å². The number of aryl methyl sites for hydroxylation is 1. The summed E-state index contributed by atoms with van der Waals surface area (Å²) in [6, 6.07) is 14.8. The molecule has 2 aromatic carbocycles. The average Bonchev–Trinajstić information content (AvgIpc) is 2.41. The van der Waals surface area contributed by atoms with Crippen molar-refractivity contribution in [2.75, 3.05) is 0 Å². The number of fused-ring (bicyclic) bond motifs is 1. The minimum atomic E-state index is -0.144. The first kappa shape index (κ1) is 10.7. The highest BCUT2D eigenvalue weighted by atomic mass is 16.1. The highest BCUT2D eigenvalue weighted by Gasteiger charge is 2.07. The maximum Gasteiger partial charge on any atom is 0.282 e. The van der Waals surface area contributed by atoms with Gasteiger partial charge in [0.05, 0.1) is 11.1 Å². The summed E-state index contributed by atoms with van der Waals surface area (Å²) in [6.07, 6.45) is 0.